The molecule has 0 spiro atoms. The summed E-state index contributed by atoms with van der Waals surface area (Å²) < 4.78 is 0. The van der Waals surface area contributed by atoms with Crippen LogP contribution in [0.15, 0.2) is 11.6 Å². The summed E-state index contributed by atoms with van der Waals surface area (Å²) in [5.74, 6) is 1.51. The zero-order valence-corrected chi connectivity index (χ0v) is 8.21. The first-order valence-corrected chi connectivity index (χ1v) is 5.00. The molecule has 1 N–H and O–H groups in total. The van der Waals surface area contributed by atoms with Crippen LogP contribution < -0.4 is 0 Å². The third-order valence-electron chi connectivity index (χ3n) is 3.07. The third kappa shape index (κ3) is 2.63. The smallest absolute Gasteiger partial charge is 0.0433 e. The molecule has 0 aliphatic heterocycles. The van der Waals surface area contributed by atoms with Crippen LogP contribution in [-0.2, 0) is 0 Å². The molecular formula is C11H20O. The quantitative estimate of drug-likeness (QED) is 0.642. The molecule has 1 aliphatic rings. The zero-order chi connectivity index (χ0) is 8.97. The van der Waals surface area contributed by atoms with Gasteiger partial charge in [0.2, 0.25) is 0 Å². The summed E-state index contributed by atoms with van der Waals surface area (Å²) >= 11 is 0. The van der Waals surface area contributed by atoms with E-state index in [9.17, 15) is 0 Å². The molecule has 1 aliphatic carbocycles. The standard InChI is InChI=1S/C11H20O/c1-9-3-5-11(6-4-9)10(2)7-8-12/h3,10-12H,4-8H2,1-2H3/t10-,11+/m1/s1. The Labute approximate surface area is 75.5 Å². The molecule has 0 unspecified atom stereocenters. The van der Waals surface area contributed by atoms with Crippen molar-refractivity contribution in [3.8, 4) is 0 Å². The first-order chi connectivity index (χ1) is 5.74. The third-order valence-corrected chi connectivity index (χ3v) is 3.07. The molecule has 0 radical (unpaired) electrons. The predicted octanol–water partition coefficient (Wildman–Crippen LogP) is 2.75. The minimum Gasteiger partial charge on any atom is -0.396 e. The molecule has 0 heterocycles. The van der Waals surface area contributed by atoms with Gasteiger partial charge in [0.05, 0.1) is 0 Å². The van der Waals surface area contributed by atoms with Gasteiger partial charge in [-0.2, -0.15) is 0 Å². The highest BCUT2D eigenvalue weighted by Crippen LogP contribution is 2.30. The Kier molecular flexibility index (Phi) is 3.80. The van der Waals surface area contributed by atoms with Gasteiger partial charge < -0.3 is 5.11 Å². The van der Waals surface area contributed by atoms with Crippen molar-refractivity contribution >= 4 is 0 Å². The number of hydrogen-bond acceptors (Lipinski definition) is 1. The molecule has 1 rings (SSSR count). The Morgan fingerprint density at radius 2 is 2.42 bits per heavy atom. The summed E-state index contributed by atoms with van der Waals surface area (Å²) in [5.41, 5.74) is 1.54. The van der Waals surface area contributed by atoms with Gasteiger partial charge in [0.15, 0.2) is 0 Å². The normalized spacial score (nSPS) is 26.6. The van der Waals surface area contributed by atoms with E-state index in [2.05, 4.69) is 19.9 Å². The fourth-order valence-corrected chi connectivity index (χ4v) is 1.94. The number of allylic oxidation sites excluding steroid dienone is 2. The van der Waals surface area contributed by atoms with E-state index in [0.29, 0.717) is 12.5 Å². The van der Waals surface area contributed by atoms with Crippen LogP contribution in [0.5, 0.6) is 0 Å². The molecule has 2 atom stereocenters. The number of aliphatic hydroxyl groups excluding tert-OH is 1. The van der Waals surface area contributed by atoms with E-state index in [4.69, 9.17) is 5.11 Å². The summed E-state index contributed by atoms with van der Waals surface area (Å²) in [6.07, 6.45) is 7.15. The maximum Gasteiger partial charge on any atom is 0.0433 e. The van der Waals surface area contributed by atoms with Crippen molar-refractivity contribution in [3.63, 3.8) is 0 Å². The van der Waals surface area contributed by atoms with Crippen molar-refractivity contribution in [2.75, 3.05) is 6.61 Å². The van der Waals surface area contributed by atoms with E-state index in [1.54, 1.807) is 5.57 Å². The van der Waals surface area contributed by atoms with Crippen LogP contribution in [0.3, 0.4) is 0 Å². The number of rotatable bonds is 3. The van der Waals surface area contributed by atoms with E-state index in [1.165, 1.54) is 19.3 Å². The monoisotopic (exact) mass is 168 g/mol. The van der Waals surface area contributed by atoms with Gasteiger partial charge in [-0.25, -0.2) is 0 Å². The number of aliphatic hydroxyl groups is 1. The Morgan fingerprint density at radius 1 is 1.67 bits per heavy atom. The molecule has 0 amide bonds. The van der Waals surface area contributed by atoms with Crippen molar-refractivity contribution < 1.29 is 5.11 Å². The van der Waals surface area contributed by atoms with Crippen LogP contribution in [0, 0.1) is 11.8 Å². The summed E-state index contributed by atoms with van der Waals surface area (Å²) in [6, 6.07) is 0. The van der Waals surface area contributed by atoms with Gasteiger partial charge in [-0.3, -0.25) is 0 Å². The molecule has 0 aromatic rings. The highest BCUT2D eigenvalue weighted by molar-refractivity contribution is 5.03. The summed E-state index contributed by atoms with van der Waals surface area (Å²) in [7, 11) is 0. The van der Waals surface area contributed by atoms with Crippen molar-refractivity contribution in [1.82, 2.24) is 0 Å². The maximum absolute atomic E-state index is 8.80. The lowest BCUT2D eigenvalue weighted by Crippen LogP contribution is -2.15. The average molecular weight is 168 g/mol. The second-order valence-electron chi connectivity index (χ2n) is 4.07. The van der Waals surface area contributed by atoms with Crippen molar-refractivity contribution in [2.45, 2.75) is 39.5 Å². The van der Waals surface area contributed by atoms with Gasteiger partial charge >= 0.3 is 0 Å². The lowest BCUT2D eigenvalue weighted by Gasteiger charge is -2.25. The van der Waals surface area contributed by atoms with E-state index in [1.807, 2.05) is 0 Å². The highest BCUT2D eigenvalue weighted by atomic mass is 16.3. The molecule has 0 saturated carbocycles. The second-order valence-corrected chi connectivity index (χ2v) is 4.07. The summed E-state index contributed by atoms with van der Waals surface area (Å²) in [6.45, 7) is 4.82. The largest absolute Gasteiger partial charge is 0.396 e. The van der Waals surface area contributed by atoms with Crippen molar-refractivity contribution in [1.29, 1.82) is 0 Å². The molecule has 1 heteroatoms. The van der Waals surface area contributed by atoms with E-state index in [0.717, 1.165) is 12.3 Å². The van der Waals surface area contributed by atoms with Gasteiger partial charge in [-0.1, -0.05) is 18.6 Å². The van der Waals surface area contributed by atoms with Gasteiger partial charge in [0.1, 0.15) is 0 Å². The second kappa shape index (κ2) is 4.66. The van der Waals surface area contributed by atoms with E-state index >= 15 is 0 Å². The predicted molar refractivity (Wildman–Crippen MR) is 52.0 cm³/mol. The Balaban J connectivity index is 2.34. The fourth-order valence-electron chi connectivity index (χ4n) is 1.94. The molecular weight excluding hydrogens is 148 g/mol. The Morgan fingerprint density at radius 3 is 2.92 bits per heavy atom. The van der Waals surface area contributed by atoms with Crippen LogP contribution in [0.2, 0.25) is 0 Å². The van der Waals surface area contributed by atoms with Crippen LogP contribution in [0.4, 0.5) is 0 Å². The number of hydrogen-bond donors (Lipinski definition) is 1. The lowest BCUT2D eigenvalue weighted by molar-refractivity contribution is 0.221. The molecule has 0 aromatic heterocycles. The first kappa shape index (κ1) is 9.79. The SMILES string of the molecule is CC1=CC[C@H]([C@H](C)CCO)CC1. The molecule has 0 saturated heterocycles. The van der Waals surface area contributed by atoms with Gasteiger partial charge in [0, 0.05) is 6.61 Å². The molecule has 0 aromatic carbocycles. The van der Waals surface area contributed by atoms with Crippen LogP contribution >= 0.6 is 0 Å². The van der Waals surface area contributed by atoms with Gasteiger partial charge in [-0.05, 0) is 44.4 Å². The topological polar surface area (TPSA) is 20.2 Å². The maximum atomic E-state index is 8.80. The molecule has 12 heavy (non-hydrogen) atoms. The highest BCUT2D eigenvalue weighted by Gasteiger charge is 2.18. The summed E-state index contributed by atoms with van der Waals surface area (Å²) in [4.78, 5) is 0. The average Bonchev–Trinajstić information content (AvgIpc) is 2.06. The zero-order valence-electron chi connectivity index (χ0n) is 8.21. The molecule has 70 valence electrons. The fraction of sp³-hybridized carbons (Fsp3) is 0.818. The van der Waals surface area contributed by atoms with Crippen molar-refractivity contribution in [3.05, 3.63) is 11.6 Å². The molecule has 1 nitrogen and oxygen atoms in total. The molecule has 0 fully saturated rings. The Bertz CT molecular complexity index is 160. The first-order valence-electron chi connectivity index (χ1n) is 5.00. The minimum atomic E-state index is 0.348. The lowest BCUT2D eigenvalue weighted by atomic mass is 9.80. The van der Waals surface area contributed by atoms with Crippen LogP contribution in [-0.4, -0.2) is 11.7 Å². The van der Waals surface area contributed by atoms with Gasteiger partial charge in [-0.15, -0.1) is 0 Å². The van der Waals surface area contributed by atoms with E-state index < -0.39 is 0 Å². The van der Waals surface area contributed by atoms with Gasteiger partial charge in [0.25, 0.3) is 0 Å². The van der Waals surface area contributed by atoms with E-state index in [-0.39, 0.29) is 0 Å². The summed E-state index contributed by atoms with van der Waals surface area (Å²) in [5, 5.41) is 8.80. The Hall–Kier alpha value is -0.300. The minimum absolute atomic E-state index is 0.348. The van der Waals surface area contributed by atoms with Crippen LogP contribution in [0.1, 0.15) is 39.5 Å². The van der Waals surface area contributed by atoms with Crippen LogP contribution in [0.25, 0.3) is 0 Å². The van der Waals surface area contributed by atoms with Crippen molar-refractivity contribution in [2.24, 2.45) is 11.8 Å². The molecule has 0 bridgehead atoms.